The number of ether oxygens (including phenoxy) is 3. The van der Waals surface area contributed by atoms with Gasteiger partial charge in [-0.25, -0.2) is 4.79 Å². The number of rotatable bonds is 7. The molecule has 1 aromatic carbocycles. The Morgan fingerprint density at radius 2 is 1.68 bits per heavy atom. The van der Waals surface area contributed by atoms with Gasteiger partial charge in [0.2, 0.25) is 0 Å². The highest BCUT2D eigenvalue weighted by atomic mass is 32.1. The van der Waals surface area contributed by atoms with Crippen LogP contribution in [0.1, 0.15) is 19.4 Å². The minimum Gasteiger partial charge on any atom is -0.490 e. The molecular weight excluding hydrogens is 384 g/mol. The molecule has 0 radical (unpaired) electrons. The maximum atomic E-state index is 12.4. The number of amides is 2. The van der Waals surface area contributed by atoms with Gasteiger partial charge in [0.05, 0.1) is 13.2 Å². The molecule has 0 unspecified atom stereocenters. The Hall–Kier alpha value is -2.94. The Labute approximate surface area is 168 Å². The van der Waals surface area contributed by atoms with Crippen LogP contribution in [0.15, 0.2) is 23.8 Å². The van der Waals surface area contributed by atoms with E-state index < -0.39 is 17.8 Å². The van der Waals surface area contributed by atoms with E-state index in [-0.39, 0.29) is 23.9 Å². The number of carbonyl (C=O) groups excluding carboxylic acids is 3. The number of hydrogen-bond acceptors (Lipinski definition) is 7. The molecule has 2 rings (SSSR count). The van der Waals surface area contributed by atoms with Crippen molar-refractivity contribution in [2.24, 2.45) is 0 Å². The van der Waals surface area contributed by atoms with E-state index in [1.165, 1.54) is 30.0 Å². The zero-order chi connectivity index (χ0) is 20.8. The third-order valence-electron chi connectivity index (χ3n) is 3.87. The van der Waals surface area contributed by atoms with E-state index in [9.17, 15) is 14.4 Å². The second-order valence-corrected chi connectivity index (χ2v) is 6.17. The van der Waals surface area contributed by atoms with Crippen LogP contribution in [0.25, 0.3) is 6.08 Å². The van der Waals surface area contributed by atoms with Crippen LogP contribution in [-0.4, -0.2) is 66.6 Å². The van der Waals surface area contributed by atoms with E-state index >= 15 is 0 Å². The quantitative estimate of drug-likeness (QED) is 0.294. The Kier molecular flexibility index (Phi) is 7.11. The van der Waals surface area contributed by atoms with E-state index in [4.69, 9.17) is 26.4 Å². The Bertz CT molecular complexity index is 810. The Morgan fingerprint density at radius 1 is 1.04 bits per heavy atom. The number of carbonyl (C=O) groups is 3. The van der Waals surface area contributed by atoms with Gasteiger partial charge in [0, 0.05) is 14.1 Å². The summed E-state index contributed by atoms with van der Waals surface area (Å²) in [5.41, 5.74) is 0.555. The number of likely N-dealkylation sites (N-methyl/N-ethyl adjacent to an activating group) is 2. The van der Waals surface area contributed by atoms with Crippen LogP contribution in [0, 0.1) is 0 Å². The van der Waals surface area contributed by atoms with E-state index in [0.29, 0.717) is 23.7 Å². The van der Waals surface area contributed by atoms with Gasteiger partial charge in [-0.2, -0.15) is 0 Å². The highest BCUT2D eigenvalue weighted by Gasteiger charge is 2.35. The average Bonchev–Trinajstić information content (AvgIpc) is 2.68. The third kappa shape index (κ3) is 4.66. The molecule has 0 N–H and O–H groups in total. The van der Waals surface area contributed by atoms with Crippen LogP contribution in [0.4, 0.5) is 0 Å². The lowest BCUT2D eigenvalue weighted by atomic mass is 10.1. The van der Waals surface area contributed by atoms with Crippen molar-refractivity contribution in [3.8, 4) is 11.5 Å². The summed E-state index contributed by atoms with van der Waals surface area (Å²) in [7, 11) is 3.03. The van der Waals surface area contributed by atoms with Gasteiger partial charge in [0.25, 0.3) is 11.8 Å². The van der Waals surface area contributed by atoms with Crippen molar-refractivity contribution in [2.45, 2.75) is 13.8 Å². The van der Waals surface area contributed by atoms with Crippen LogP contribution < -0.4 is 9.47 Å². The van der Waals surface area contributed by atoms with E-state index in [2.05, 4.69) is 0 Å². The lowest BCUT2D eigenvalue weighted by Gasteiger charge is -2.31. The summed E-state index contributed by atoms with van der Waals surface area (Å²) in [6.45, 7) is 3.90. The average molecular weight is 406 g/mol. The molecule has 2 amide bonds. The predicted molar refractivity (Wildman–Crippen MR) is 106 cm³/mol. The van der Waals surface area contributed by atoms with Crippen molar-refractivity contribution < 1.29 is 28.6 Å². The first-order valence-corrected chi connectivity index (χ1v) is 9.08. The molecule has 1 heterocycles. The molecule has 1 fully saturated rings. The SMILES string of the molecule is CCOC(=O)COc1ccc(C=C2C(=O)N(C)C(=S)N(C)C2=O)cc1OCC. The minimum absolute atomic E-state index is 0.0127. The first kappa shape index (κ1) is 21.4. The predicted octanol–water partition coefficient (Wildman–Crippen LogP) is 1.63. The van der Waals surface area contributed by atoms with Crippen molar-refractivity contribution >= 4 is 41.2 Å². The molecule has 0 atom stereocenters. The first-order valence-electron chi connectivity index (χ1n) is 8.67. The molecule has 0 saturated carbocycles. The second-order valence-electron chi connectivity index (χ2n) is 5.80. The molecule has 0 aromatic heterocycles. The number of esters is 1. The zero-order valence-electron chi connectivity index (χ0n) is 16.2. The van der Waals surface area contributed by atoms with Gasteiger partial charge in [-0.05, 0) is 49.8 Å². The summed E-state index contributed by atoms with van der Waals surface area (Å²) in [4.78, 5) is 38.8. The number of nitrogens with zero attached hydrogens (tertiary/aromatic N) is 2. The van der Waals surface area contributed by atoms with Crippen LogP contribution in [0.5, 0.6) is 11.5 Å². The number of benzene rings is 1. The molecule has 0 spiro atoms. The zero-order valence-corrected chi connectivity index (χ0v) is 17.0. The van der Waals surface area contributed by atoms with Gasteiger partial charge in [0.15, 0.2) is 23.2 Å². The lowest BCUT2D eigenvalue weighted by Crippen LogP contribution is -2.52. The lowest BCUT2D eigenvalue weighted by molar-refractivity contribution is -0.145. The number of thiocarbonyl (C=S) groups is 1. The van der Waals surface area contributed by atoms with Crippen molar-refractivity contribution in [3.63, 3.8) is 0 Å². The van der Waals surface area contributed by atoms with Gasteiger partial charge in [-0.3, -0.25) is 19.4 Å². The summed E-state index contributed by atoms with van der Waals surface area (Å²) >= 11 is 5.07. The molecule has 8 nitrogen and oxygen atoms in total. The molecule has 0 aliphatic carbocycles. The molecule has 0 bridgehead atoms. The summed E-state index contributed by atoms with van der Waals surface area (Å²) in [6, 6.07) is 4.89. The highest BCUT2D eigenvalue weighted by Crippen LogP contribution is 2.30. The summed E-state index contributed by atoms with van der Waals surface area (Å²) in [5.74, 6) is -0.707. The van der Waals surface area contributed by atoms with E-state index in [1.807, 2.05) is 0 Å². The molecule has 9 heteroatoms. The van der Waals surface area contributed by atoms with Gasteiger partial charge in [-0.15, -0.1) is 0 Å². The molecule has 1 aliphatic heterocycles. The van der Waals surface area contributed by atoms with Crippen molar-refractivity contribution in [1.82, 2.24) is 9.80 Å². The fourth-order valence-corrected chi connectivity index (χ4v) is 2.65. The normalized spacial score (nSPS) is 14.3. The van der Waals surface area contributed by atoms with Crippen molar-refractivity contribution in [2.75, 3.05) is 33.9 Å². The van der Waals surface area contributed by atoms with Crippen LogP contribution in [-0.2, 0) is 19.1 Å². The molecule has 150 valence electrons. The smallest absolute Gasteiger partial charge is 0.344 e. The minimum atomic E-state index is -0.489. The van der Waals surface area contributed by atoms with Crippen LogP contribution in [0.3, 0.4) is 0 Å². The van der Waals surface area contributed by atoms with Gasteiger partial charge in [-0.1, -0.05) is 6.07 Å². The maximum absolute atomic E-state index is 12.4. The Balaban J connectivity index is 2.31. The standard InChI is InChI=1S/C19H22N2O6S/c1-5-25-15-10-12(7-8-14(15)27-11-16(22)26-6-2)9-13-17(23)20(3)19(28)21(4)18(13)24/h7-10H,5-6,11H2,1-4H3. The largest absolute Gasteiger partial charge is 0.490 e. The van der Waals surface area contributed by atoms with Crippen LogP contribution in [0.2, 0.25) is 0 Å². The molecular formula is C19H22N2O6S. The topological polar surface area (TPSA) is 85.4 Å². The fourth-order valence-electron chi connectivity index (χ4n) is 2.48. The van der Waals surface area contributed by atoms with Crippen molar-refractivity contribution in [1.29, 1.82) is 0 Å². The van der Waals surface area contributed by atoms with Gasteiger partial charge >= 0.3 is 5.97 Å². The third-order valence-corrected chi connectivity index (χ3v) is 4.42. The highest BCUT2D eigenvalue weighted by molar-refractivity contribution is 7.80. The summed E-state index contributed by atoms with van der Waals surface area (Å²) < 4.78 is 15.8. The fraction of sp³-hybridized carbons (Fsp3) is 0.368. The molecule has 28 heavy (non-hydrogen) atoms. The molecule has 1 aromatic rings. The monoisotopic (exact) mass is 406 g/mol. The van der Waals surface area contributed by atoms with Crippen molar-refractivity contribution in [3.05, 3.63) is 29.3 Å². The maximum Gasteiger partial charge on any atom is 0.344 e. The summed E-state index contributed by atoms with van der Waals surface area (Å²) in [5, 5.41) is 0.143. The Morgan fingerprint density at radius 3 is 2.25 bits per heavy atom. The van der Waals surface area contributed by atoms with Crippen LogP contribution >= 0.6 is 12.2 Å². The van der Waals surface area contributed by atoms with E-state index in [1.54, 1.807) is 32.0 Å². The molecule has 1 saturated heterocycles. The van der Waals surface area contributed by atoms with Gasteiger partial charge < -0.3 is 14.2 Å². The summed E-state index contributed by atoms with van der Waals surface area (Å²) in [6.07, 6.45) is 1.47. The second kappa shape index (κ2) is 9.32. The molecule has 1 aliphatic rings. The first-order chi connectivity index (χ1) is 13.3. The van der Waals surface area contributed by atoms with E-state index in [0.717, 1.165) is 0 Å². The number of hydrogen-bond donors (Lipinski definition) is 0. The van der Waals surface area contributed by atoms with Gasteiger partial charge in [0.1, 0.15) is 5.57 Å².